The Kier molecular flexibility index (Phi) is 2.33. The molecular weight excluding hydrogens is 226 g/mol. The molecule has 0 saturated heterocycles. The van der Waals surface area contributed by atoms with Gasteiger partial charge in [0.05, 0.1) is 0 Å². The lowest BCUT2D eigenvalue weighted by Crippen LogP contribution is -1.93. The standard InChI is InChI=1S/C11H12ClN3O/c1-16-6-10-13-11-5-8(7-2-3-7)4-9(12)15(11)14-10/h4-5,7H,2-3,6H2,1H3. The number of nitrogens with zero attached hydrogens (tertiary/aromatic N) is 3. The highest BCUT2D eigenvalue weighted by molar-refractivity contribution is 6.29. The molecule has 0 N–H and O–H groups in total. The predicted molar refractivity (Wildman–Crippen MR) is 60.7 cm³/mol. The van der Waals surface area contributed by atoms with Gasteiger partial charge in [0.1, 0.15) is 11.8 Å². The molecule has 4 nitrogen and oxygen atoms in total. The predicted octanol–water partition coefficient (Wildman–Crippen LogP) is 2.41. The molecule has 0 spiro atoms. The SMILES string of the molecule is COCc1nc2cc(C3CC3)cc(Cl)n2n1. The fourth-order valence-corrected chi connectivity index (χ4v) is 2.10. The van der Waals surface area contributed by atoms with Crippen LogP contribution in [0.25, 0.3) is 5.65 Å². The first-order chi connectivity index (χ1) is 7.78. The van der Waals surface area contributed by atoms with E-state index in [1.165, 1.54) is 18.4 Å². The van der Waals surface area contributed by atoms with Gasteiger partial charge < -0.3 is 4.74 Å². The van der Waals surface area contributed by atoms with Crippen LogP contribution in [0.15, 0.2) is 12.1 Å². The summed E-state index contributed by atoms with van der Waals surface area (Å²) >= 11 is 6.17. The molecular formula is C11H12ClN3O. The van der Waals surface area contributed by atoms with Crippen LogP contribution in [0, 0.1) is 0 Å². The maximum Gasteiger partial charge on any atom is 0.177 e. The van der Waals surface area contributed by atoms with Gasteiger partial charge in [0.25, 0.3) is 0 Å². The van der Waals surface area contributed by atoms with Crippen molar-refractivity contribution in [2.75, 3.05) is 7.11 Å². The number of hydrogen-bond donors (Lipinski definition) is 0. The molecule has 16 heavy (non-hydrogen) atoms. The molecule has 3 rings (SSSR count). The smallest absolute Gasteiger partial charge is 0.177 e. The van der Waals surface area contributed by atoms with Crippen molar-refractivity contribution in [3.05, 3.63) is 28.7 Å². The average Bonchev–Trinajstić information content (AvgIpc) is 3.01. The maximum absolute atomic E-state index is 6.17. The lowest BCUT2D eigenvalue weighted by molar-refractivity contribution is 0.178. The molecule has 2 heterocycles. The minimum Gasteiger partial charge on any atom is -0.377 e. The van der Waals surface area contributed by atoms with Gasteiger partial charge >= 0.3 is 0 Å². The summed E-state index contributed by atoms with van der Waals surface area (Å²) in [5, 5.41) is 4.89. The van der Waals surface area contributed by atoms with E-state index in [2.05, 4.69) is 16.1 Å². The summed E-state index contributed by atoms with van der Waals surface area (Å²) < 4.78 is 6.66. The summed E-state index contributed by atoms with van der Waals surface area (Å²) in [4.78, 5) is 4.38. The van der Waals surface area contributed by atoms with Crippen molar-refractivity contribution in [3.8, 4) is 0 Å². The molecule has 1 saturated carbocycles. The van der Waals surface area contributed by atoms with Crippen molar-refractivity contribution >= 4 is 17.2 Å². The van der Waals surface area contributed by atoms with Crippen LogP contribution in [0.3, 0.4) is 0 Å². The Labute approximate surface area is 98.2 Å². The van der Waals surface area contributed by atoms with Crippen LogP contribution >= 0.6 is 11.6 Å². The summed E-state index contributed by atoms with van der Waals surface area (Å²) in [5.41, 5.74) is 2.08. The van der Waals surface area contributed by atoms with Crippen LogP contribution in [0.5, 0.6) is 0 Å². The van der Waals surface area contributed by atoms with Gasteiger partial charge in [-0.3, -0.25) is 0 Å². The molecule has 84 valence electrons. The molecule has 0 radical (unpaired) electrons. The van der Waals surface area contributed by atoms with Gasteiger partial charge in [0.15, 0.2) is 11.5 Å². The third-order valence-electron chi connectivity index (χ3n) is 2.78. The highest BCUT2D eigenvalue weighted by Crippen LogP contribution is 2.41. The summed E-state index contributed by atoms with van der Waals surface area (Å²) in [6.45, 7) is 0.413. The molecule has 1 aliphatic rings. The quantitative estimate of drug-likeness (QED) is 0.770. The molecule has 0 aliphatic heterocycles. The first-order valence-corrected chi connectivity index (χ1v) is 5.70. The number of halogens is 1. The van der Waals surface area contributed by atoms with Crippen molar-refractivity contribution in [1.29, 1.82) is 0 Å². The third-order valence-corrected chi connectivity index (χ3v) is 3.05. The van der Waals surface area contributed by atoms with E-state index in [1.54, 1.807) is 11.6 Å². The Morgan fingerprint density at radius 1 is 1.50 bits per heavy atom. The van der Waals surface area contributed by atoms with Crippen molar-refractivity contribution in [1.82, 2.24) is 14.6 Å². The van der Waals surface area contributed by atoms with E-state index in [9.17, 15) is 0 Å². The molecule has 5 heteroatoms. The fraction of sp³-hybridized carbons (Fsp3) is 0.455. The van der Waals surface area contributed by atoms with Gasteiger partial charge in [-0.1, -0.05) is 11.6 Å². The maximum atomic E-state index is 6.17. The highest BCUT2D eigenvalue weighted by atomic mass is 35.5. The first kappa shape index (κ1) is 10.1. The van der Waals surface area contributed by atoms with E-state index in [-0.39, 0.29) is 0 Å². The Bertz CT molecular complexity index is 533. The van der Waals surface area contributed by atoms with Gasteiger partial charge in [0.2, 0.25) is 0 Å². The summed E-state index contributed by atoms with van der Waals surface area (Å²) in [5.74, 6) is 1.34. The van der Waals surface area contributed by atoms with Crippen LogP contribution in [0.2, 0.25) is 5.15 Å². The molecule has 2 aromatic rings. The molecule has 0 unspecified atom stereocenters. The van der Waals surface area contributed by atoms with Gasteiger partial charge in [-0.05, 0) is 36.5 Å². The zero-order chi connectivity index (χ0) is 11.1. The van der Waals surface area contributed by atoms with E-state index >= 15 is 0 Å². The monoisotopic (exact) mass is 237 g/mol. The molecule has 2 aromatic heterocycles. The van der Waals surface area contributed by atoms with Crippen molar-refractivity contribution in [3.63, 3.8) is 0 Å². The normalized spacial score (nSPS) is 15.9. The third kappa shape index (κ3) is 1.68. The van der Waals surface area contributed by atoms with Crippen LogP contribution < -0.4 is 0 Å². The second-order valence-corrected chi connectivity index (χ2v) is 4.50. The molecule has 0 bridgehead atoms. The average molecular weight is 238 g/mol. The van der Waals surface area contributed by atoms with E-state index < -0.39 is 0 Å². The Balaban J connectivity index is 2.10. The van der Waals surface area contributed by atoms with E-state index in [4.69, 9.17) is 16.3 Å². The van der Waals surface area contributed by atoms with E-state index in [0.29, 0.717) is 23.5 Å². The Morgan fingerprint density at radius 2 is 2.31 bits per heavy atom. The summed E-state index contributed by atoms with van der Waals surface area (Å²) in [6.07, 6.45) is 2.51. The zero-order valence-corrected chi connectivity index (χ0v) is 9.74. The first-order valence-electron chi connectivity index (χ1n) is 5.32. The van der Waals surface area contributed by atoms with Crippen molar-refractivity contribution < 1.29 is 4.74 Å². The minimum absolute atomic E-state index is 0.413. The number of hydrogen-bond acceptors (Lipinski definition) is 3. The van der Waals surface area contributed by atoms with E-state index in [1.807, 2.05) is 6.07 Å². The van der Waals surface area contributed by atoms with Gasteiger partial charge in [-0.2, -0.15) is 0 Å². The van der Waals surface area contributed by atoms with Gasteiger partial charge in [0, 0.05) is 7.11 Å². The molecule has 0 aromatic carbocycles. The van der Waals surface area contributed by atoms with Gasteiger partial charge in [-0.15, -0.1) is 5.10 Å². The summed E-state index contributed by atoms with van der Waals surface area (Å²) in [7, 11) is 1.63. The largest absolute Gasteiger partial charge is 0.377 e. The molecule has 1 fully saturated rings. The highest BCUT2D eigenvalue weighted by Gasteiger charge is 2.24. The van der Waals surface area contributed by atoms with Crippen LogP contribution in [0.1, 0.15) is 30.1 Å². The molecule has 0 amide bonds. The van der Waals surface area contributed by atoms with E-state index in [0.717, 1.165) is 5.65 Å². The number of pyridine rings is 1. The molecule has 0 atom stereocenters. The van der Waals surface area contributed by atoms with Crippen molar-refractivity contribution in [2.45, 2.75) is 25.4 Å². The lowest BCUT2D eigenvalue weighted by atomic mass is 10.2. The van der Waals surface area contributed by atoms with Gasteiger partial charge in [-0.25, -0.2) is 9.50 Å². The number of aromatic nitrogens is 3. The van der Waals surface area contributed by atoms with Crippen LogP contribution in [0.4, 0.5) is 0 Å². The minimum atomic E-state index is 0.413. The second-order valence-electron chi connectivity index (χ2n) is 4.12. The van der Waals surface area contributed by atoms with Crippen LogP contribution in [-0.4, -0.2) is 21.7 Å². The summed E-state index contributed by atoms with van der Waals surface area (Å²) in [6, 6.07) is 4.05. The topological polar surface area (TPSA) is 39.4 Å². The second kappa shape index (κ2) is 3.71. The molecule has 1 aliphatic carbocycles. The lowest BCUT2D eigenvalue weighted by Gasteiger charge is -2.00. The van der Waals surface area contributed by atoms with Crippen LogP contribution in [-0.2, 0) is 11.3 Å². The Morgan fingerprint density at radius 3 is 3.00 bits per heavy atom. The number of rotatable bonds is 3. The number of methoxy groups -OCH3 is 1. The fourth-order valence-electron chi connectivity index (χ4n) is 1.85. The zero-order valence-electron chi connectivity index (χ0n) is 8.98. The van der Waals surface area contributed by atoms with Crippen molar-refractivity contribution in [2.24, 2.45) is 0 Å². The number of ether oxygens (including phenoxy) is 1. The Hall–Kier alpha value is -1.13. The number of fused-ring (bicyclic) bond motifs is 1.